The fourth-order valence-electron chi connectivity index (χ4n) is 1.42. The maximum Gasteiger partial charge on any atom is 0.339 e. The van der Waals surface area contributed by atoms with Crippen molar-refractivity contribution in [2.24, 2.45) is 5.10 Å². The number of rotatable bonds is 4. The van der Waals surface area contributed by atoms with Crippen molar-refractivity contribution in [2.75, 3.05) is 12.4 Å². The van der Waals surface area contributed by atoms with Gasteiger partial charge >= 0.3 is 6.03 Å². The van der Waals surface area contributed by atoms with Crippen LogP contribution in [0, 0.1) is 0 Å². The Hall–Kier alpha value is -2.76. The topological polar surface area (TPSA) is 78.5 Å². The molecular weight excluding hydrogens is 244 g/mol. The number of urea groups is 1. The summed E-state index contributed by atoms with van der Waals surface area (Å²) in [7, 11) is 1.59. The van der Waals surface area contributed by atoms with Crippen molar-refractivity contribution in [1.82, 2.24) is 10.4 Å². The Morgan fingerprint density at radius 3 is 2.74 bits per heavy atom. The van der Waals surface area contributed by atoms with Crippen molar-refractivity contribution >= 4 is 17.9 Å². The second-order valence-electron chi connectivity index (χ2n) is 3.68. The minimum Gasteiger partial charge on any atom is -0.497 e. The molecule has 2 amide bonds. The van der Waals surface area contributed by atoms with Gasteiger partial charge < -0.3 is 15.0 Å². The van der Waals surface area contributed by atoms with Crippen LogP contribution in [0.1, 0.15) is 5.69 Å². The molecule has 3 N–H and O–H groups in total. The quantitative estimate of drug-likeness (QED) is 0.580. The standard InChI is InChI=1S/C13H14N4O2/c1-19-12-6-4-10(5-7-12)16-13(18)17-15-9-11-3-2-8-14-11/h2-9,14H,1H3,(H2,16,17,18). The van der Waals surface area contributed by atoms with Crippen LogP contribution in [-0.4, -0.2) is 24.3 Å². The Morgan fingerprint density at radius 1 is 1.32 bits per heavy atom. The number of aromatic nitrogens is 1. The highest BCUT2D eigenvalue weighted by Crippen LogP contribution is 2.14. The SMILES string of the molecule is COc1ccc(NC(=O)NN=Cc2ccc[nH]2)cc1. The Labute approximate surface area is 110 Å². The number of benzene rings is 1. The molecule has 6 nitrogen and oxygen atoms in total. The molecular formula is C13H14N4O2. The summed E-state index contributed by atoms with van der Waals surface area (Å²) in [5.41, 5.74) is 3.84. The smallest absolute Gasteiger partial charge is 0.339 e. The van der Waals surface area contributed by atoms with Gasteiger partial charge in [-0.2, -0.15) is 5.10 Å². The van der Waals surface area contributed by atoms with Crippen LogP contribution in [-0.2, 0) is 0 Å². The zero-order valence-corrected chi connectivity index (χ0v) is 10.4. The maximum atomic E-state index is 11.5. The van der Waals surface area contributed by atoms with Crippen LogP contribution >= 0.6 is 0 Å². The number of nitrogens with one attached hydrogen (secondary N) is 3. The van der Waals surface area contributed by atoms with Crippen LogP contribution in [0.15, 0.2) is 47.7 Å². The van der Waals surface area contributed by atoms with Gasteiger partial charge in [0.25, 0.3) is 0 Å². The average molecular weight is 258 g/mol. The third kappa shape index (κ3) is 3.88. The molecule has 6 heteroatoms. The number of anilines is 1. The fraction of sp³-hybridized carbons (Fsp3) is 0.0769. The van der Waals surface area contributed by atoms with Gasteiger partial charge in [-0.1, -0.05) is 0 Å². The van der Waals surface area contributed by atoms with Gasteiger partial charge in [0, 0.05) is 11.9 Å². The second-order valence-corrected chi connectivity index (χ2v) is 3.68. The first-order valence-electron chi connectivity index (χ1n) is 5.65. The van der Waals surface area contributed by atoms with Crippen LogP contribution in [0.4, 0.5) is 10.5 Å². The molecule has 0 radical (unpaired) electrons. The van der Waals surface area contributed by atoms with Crippen LogP contribution < -0.4 is 15.5 Å². The number of hydrazone groups is 1. The molecule has 0 aliphatic heterocycles. The molecule has 19 heavy (non-hydrogen) atoms. The largest absolute Gasteiger partial charge is 0.497 e. The number of ether oxygens (including phenoxy) is 1. The summed E-state index contributed by atoms with van der Waals surface area (Å²) in [4.78, 5) is 14.5. The third-order valence-electron chi connectivity index (χ3n) is 2.34. The molecule has 1 heterocycles. The van der Waals surface area contributed by atoms with E-state index in [9.17, 15) is 4.79 Å². The van der Waals surface area contributed by atoms with Crippen molar-refractivity contribution in [1.29, 1.82) is 0 Å². The first-order valence-corrected chi connectivity index (χ1v) is 5.65. The predicted octanol–water partition coefficient (Wildman–Crippen LogP) is 2.18. The lowest BCUT2D eigenvalue weighted by atomic mass is 10.3. The van der Waals surface area contributed by atoms with Gasteiger partial charge in [0.05, 0.1) is 19.0 Å². The monoisotopic (exact) mass is 258 g/mol. The van der Waals surface area contributed by atoms with Gasteiger partial charge in [-0.25, -0.2) is 10.2 Å². The third-order valence-corrected chi connectivity index (χ3v) is 2.34. The number of amides is 2. The van der Waals surface area contributed by atoms with Gasteiger partial charge in [0.2, 0.25) is 0 Å². The molecule has 0 atom stereocenters. The summed E-state index contributed by atoms with van der Waals surface area (Å²) < 4.78 is 5.03. The molecule has 0 saturated heterocycles. The van der Waals surface area contributed by atoms with Crippen molar-refractivity contribution in [3.63, 3.8) is 0 Å². The number of hydrogen-bond acceptors (Lipinski definition) is 3. The van der Waals surface area contributed by atoms with Crippen molar-refractivity contribution in [3.8, 4) is 5.75 Å². The minimum atomic E-state index is -0.409. The summed E-state index contributed by atoms with van der Waals surface area (Å²) >= 11 is 0. The molecule has 2 aromatic rings. The summed E-state index contributed by atoms with van der Waals surface area (Å²) in [6.07, 6.45) is 3.30. The number of hydrogen-bond donors (Lipinski definition) is 3. The number of methoxy groups -OCH3 is 1. The lowest BCUT2D eigenvalue weighted by Gasteiger charge is -2.05. The van der Waals surface area contributed by atoms with Gasteiger partial charge in [-0.3, -0.25) is 0 Å². The molecule has 1 aromatic carbocycles. The van der Waals surface area contributed by atoms with Gasteiger partial charge in [0.1, 0.15) is 5.75 Å². The van der Waals surface area contributed by atoms with E-state index in [1.165, 1.54) is 6.21 Å². The van der Waals surface area contributed by atoms with Crippen molar-refractivity contribution in [3.05, 3.63) is 48.3 Å². The van der Waals surface area contributed by atoms with Crippen LogP contribution in [0.5, 0.6) is 5.75 Å². The molecule has 0 aliphatic carbocycles. The zero-order chi connectivity index (χ0) is 13.5. The van der Waals surface area contributed by atoms with Gasteiger partial charge in [-0.15, -0.1) is 0 Å². The number of carbonyl (C=O) groups is 1. The lowest BCUT2D eigenvalue weighted by molar-refractivity contribution is 0.252. The predicted molar refractivity (Wildman–Crippen MR) is 73.5 cm³/mol. The van der Waals surface area contributed by atoms with E-state index in [0.717, 1.165) is 11.4 Å². The van der Waals surface area contributed by atoms with Crippen molar-refractivity contribution in [2.45, 2.75) is 0 Å². The van der Waals surface area contributed by atoms with E-state index < -0.39 is 6.03 Å². The van der Waals surface area contributed by atoms with E-state index in [2.05, 4.69) is 20.8 Å². The Kier molecular flexibility index (Phi) is 4.17. The normalized spacial score (nSPS) is 10.4. The molecule has 0 bridgehead atoms. The van der Waals surface area contributed by atoms with E-state index in [4.69, 9.17) is 4.74 Å². The molecule has 0 spiro atoms. The first-order chi connectivity index (χ1) is 9.28. The van der Waals surface area contributed by atoms with E-state index >= 15 is 0 Å². The Bertz CT molecular complexity index is 547. The summed E-state index contributed by atoms with van der Waals surface area (Å²) in [6, 6.07) is 10.3. The number of H-pyrrole nitrogens is 1. The summed E-state index contributed by atoms with van der Waals surface area (Å²) in [6.45, 7) is 0. The van der Waals surface area contributed by atoms with Gasteiger partial charge in [0.15, 0.2) is 0 Å². The first kappa shape index (κ1) is 12.7. The Balaban J connectivity index is 1.83. The van der Waals surface area contributed by atoms with Crippen LogP contribution in [0.2, 0.25) is 0 Å². The van der Waals surface area contributed by atoms with Crippen LogP contribution in [0.25, 0.3) is 0 Å². The lowest BCUT2D eigenvalue weighted by Crippen LogP contribution is -2.24. The number of carbonyl (C=O) groups excluding carboxylic acids is 1. The number of nitrogens with zero attached hydrogens (tertiary/aromatic N) is 1. The van der Waals surface area contributed by atoms with Crippen molar-refractivity contribution < 1.29 is 9.53 Å². The molecule has 0 saturated carbocycles. The molecule has 1 aromatic heterocycles. The van der Waals surface area contributed by atoms with Crippen LogP contribution in [0.3, 0.4) is 0 Å². The van der Waals surface area contributed by atoms with E-state index in [0.29, 0.717) is 5.69 Å². The number of aromatic amines is 1. The van der Waals surface area contributed by atoms with E-state index in [-0.39, 0.29) is 0 Å². The highest BCUT2D eigenvalue weighted by atomic mass is 16.5. The zero-order valence-electron chi connectivity index (χ0n) is 10.4. The second kappa shape index (κ2) is 6.25. The molecule has 0 fully saturated rings. The molecule has 98 valence electrons. The Morgan fingerprint density at radius 2 is 2.11 bits per heavy atom. The molecule has 2 rings (SSSR count). The molecule has 0 unspecified atom stereocenters. The molecule has 0 aliphatic rings. The maximum absolute atomic E-state index is 11.5. The summed E-state index contributed by atoms with van der Waals surface area (Å²) in [5, 5.41) is 6.44. The fourth-order valence-corrected chi connectivity index (χ4v) is 1.42. The average Bonchev–Trinajstić information content (AvgIpc) is 2.93. The highest BCUT2D eigenvalue weighted by Gasteiger charge is 1.99. The minimum absolute atomic E-state index is 0.409. The van der Waals surface area contributed by atoms with E-state index in [1.807, 2.05) is 12.1 Å². The van der Waals surface area contributed by atoms with E-state index in [1.54, 1.807) is 37.6 Å². The van der Waals surface area contributed by atoms with Gasteiger partial charge in [-0.05, 0) is 36.4 Å². The highest BCUT2D eigenvalue weighted by molar-refractivity contribution is 5.90. The summed E-state index contributed by atoms with van der Waals surface area (Å²) in [5.74, 6) is 0.732.